The minimum absolute atomic E-state index is 0.386. The molecule has 0 saturated carbocycles. The Hall–Kier alpha value is -4.77. The van der Waals surface area contributed by atoms with Crippen LogP contribution >= 0.6 is 0 Å². The van der Waals surface area contributed by atoms with E-state index >= 15 is 0 Å². The predicted octanol–water partition coefficient (Wildman–Crippen LogP) is 7.07. The van der Waals surface area contributed by atoms with Crippen molar-refractivity contribution in [2.24, 2.45) is 0 Å². The van der Waals surface area contributed by atoms with Gasteiger partial charge in [0.2, 0.25) is 11.8 Å². The Morgan fingerprint density at radius 2 is 1.08 bits per heavy atom. The summed E-state index contributed by atoms with van der Waals surface area (Å²) in [7, 11) is 0. The van der Waals surface area contributed by atoms with E-state index in [2.05, 4.69) is 0 Å². The van der Waals surface area contributed by atoms with Gasteiger partial charge in [0.05, 0.1) is 5.69 Å². The van der Waals surface area contributed by atoms with Crippen molar-refractivity contribution in [3.05, 3.63) is 138 Å². The quantitative estimate of drug-likeness (QED) is 0.213. The van der Waals surface area contributed by atoms with Crippen LogP contribution < -0.4 is 19.9 Å². The average Bonchev–Trinajstić information content (AvgIpc) is 2.96. The van der Waals surface area contributed by atoms with Crippen LogP contribution in [0.4, 0.5) is 5.69 Å². The van der Waals surface area contributed by atoms with Crippen LogP contribution in [-0.4, -0.2) is 4.98 Å². The number of nitrogens with two attached hydrogens (primary N) is 1. The standard InChI is InChI=1S/C32H28N2O3/c33-29-20-27(16-18-30(29)35-21-24-10-4-1-5-11-24)28-17-19-31(36-22-25-12-6-2-7-13-25)34-32(28)37-23-26-14-8-3-9-15-26/h1-20H,21-23,33H2. The van der Waals surface area contributed by atoms with E-state index in [4.69, 9.17) is 24.9 Å². The number of nitrogen functional groups attached to an aromatic ring is 1. The van der Waals surface area contributed by atoms with Gasteiger partial charge in [0.15, 0.2) is 0 Å². The summed E-state index contributed by atoms with van der Waals surface area (Å²) in [6.45, 7) is 1.26. The number of anilines is 1. The van der Waals surface area contributed by atoms with Gasteiger partial charge in [-0.1, -0.05) is 97.1 Å². The van der Waals surface area contributed by atoms with E-state index in [0.29, 0.717) is 43.0 Å². The Labute approximate surface area is 217 Å². The van der Waals surface area contributed by atoms with E-state index in [0.717, 1.165) is 27.8 Å². The maximum atomic E-state index is 6.37. The molecule has 1 heterocycles. The van der Waals surface area contributed by atoms with Gasteiger partial charge < -0.3 is 19.9 Å². The van der Waals surface area contributed by atoms with E-state index in [1.807, 2.05) is 121 Å². The van der Waals surface area contributed by atoms with Crippen LogP contribution in [0.5, 0.6) is 17.5 Å². The first-order chi connectivity index (χ1) is 18.2. The molecule has 0 radical (unpaired) electrons. The van der Waals surface area contributed by atoms with Gasteiger partial charge in [-0.3, -0.25) is 0 Å². The number of aromatic nitrogens is 1. The van der Waals surface area contributed by atoms with E-state index in [9.17, 15) is 0 Å². The molecular formula is C32H28N2O3. The first-order valence-corrected chi connectivity index (χ1v) is 12.2. The van der Waals surface area contributed by atoms with Crippen molar-refractivity contribution in [3.63, 3.8) is 0 Å². The molecule has 0 aliphatic carbocycles. The van der Waals surface area contributed by atoms with Crippen LogP contribution in [0.2, 0.25) is 0 Å². The summed E-state index contributed by atoms with van der Waals surface area (Å²) in [5, 5.41) is 0. The molecule has 0 saturated heterocycles. The zero-order chi connectivity index (χ0) is 25.3. The summed E-state index contributed by atoms with van der Waals surface area (Å²) < 4.78 is 18.1. The van der Waals surface area contributed by atoms with Crippen LogP contribution in [0.15, 0.2) is 121 Å². The zero-order valence-corrected chi connectivity index (χ0v) is 20.4. The summed E-state index contributed by atoms with van der Waals surface area (Å²) >= 11 is 0. The molecule has 184 valence electrons. The molecule has 5 rings (SSSR count). The summed E-state index contributed by atoms with van der Waals surface area (Å²) in [6, 6.07) is 39.5. The van der Waals surface area contributed by atoms with Gasteiger partial charge in [0, 0.05) is 11.6 Å². The zero-order valence-electron chi connectivity index (χ0n) is 20.4. The number of ether oxygens (including phenoxy) is 3. The second kappa shape index (κ2) is 11.8. The number of benzene rings is 4. The molecule has 0 unspecified atom stereocenters. The number of nitrogens with zero attached hydrogens (tertiary/aromatic N) is 1. The minimum atomic E-state index is 0.386. The fraction of sp³-hybridized carbons (Fsp3) is 0.0938. The lowest BCUT2D eigenvalue weighted by atomic mass is 10.1. The fourth-order valence-electron chi connectivity index (χ4n) is 3.87. The second-order valence-corrected chi connectivity index (χ2v) is 8.58. The van der Waals surface area contributed by atoms with Crippen molar-refractivity contribution < 1.29 is 14.2 Å². The van der Waals surface area contributed by atoms with Gasteiger partial charge in [-0.05, 0) is 40.5 Å². The third kappa shape index (κ3) is 6.47. The molecule has 0 fully saturated rings. The molecule has 0 spiro atoms. The molecule has 5 aromatic rings. The monoisotopic (exact) mass is 488 g/mol. The maximum Gasteiger partial charge on any atom is 0.225 e. The first-order valence-electron chi connectivity index (χ1n) is 12.2. The Morgan fingerprint density at radius 1 is 0.541 bits per heavy atom. The lowest BCUT2D eigenvalue weighted by molar-refractivity contribution is 0.268. The largest absolute Gasteiger partial charge is 0.487 e. The number of rotatable bonds is 10. The molecule has 0 atom stereocenters. The maximum absolute atomic E-state index is 6.37. The van der Waals surface area contributed by atoms with Gasteiger partial charge in [0.25, 0.3) is 0 Å². The Balaban J connectivity index is 1.37. The molecule has 37 heavy (non-hydrogen) atoms. The number of hydrogen-bond acceptors (Lipinski definition) is 5. The molecule has 5 heteroatoms. The average molecular weight is 489 g/mol. The molecule has 0 aliphatic heterocycles. The van der Waals surface area contributed by atoms with Crippen LogP contribution in [0.25, 0.3) is 11.1 Å². The van der Waals surface area contributed by atoms with Crippen molar-refractivity contribution in [3.8, 4) is 28.6 Å². The fourth-order valence-corrected chi connectivity index (χ4v) is 3.87. The molecule has 5 nitrogen and oxygen atoms in total. The highest BCUT2D eigenvalue weighted by molar-refractivity contribution is 5.74. The Kier molecular flexibility index (Phi) is 7.62. The second-order valence-electron chi connectivity index (χ2n) is 8.58. The van der Waals surface area contributed by atoms with Crippen molar-refractivity contribution in [1.29, 1.82) is 0 Å². The predicted molar refractivity (Wildman–Crippen MR) is 146 cm³/mol. The summed E-state index contributed by atoms with van der Waals surface area (Å²) in [6.07, 6.45) is 0. The van der Waals surface area contributed by atoms with Crippen LogP contribution in [-0.2, 0) is 19.8 Å². The third-order valence-corrected chi connectivity index (χ3v) is 5.84. The van der Waals surface area contributed by atoms with Crippen molar-refractivity contribution >= 4 is 5.69 Å². The van der Waals surface area contributed by atoms with E-state index in [1.54, 1.807) is 0 Å². The third-order valence-electron chi connectivity index (χ3n) is 5.84. The van der Waals surface area contributed by atoms with Crippen molar-refractivity contribution in [2.45, 2.75) is 19.8 Å². The van der Waals surface area contributed by atoms with Gasteiger partial charge in [-0.2, -0.15) is 4.98 Å². The molecule has 1 aromatic heterocycles. The number of hydrogen-bond donors (Lipinski definition) is 1. The molecular weight excluding hydrogens is 460 g/mol. The normalized spacial score (nSPS) is 10.6. The van der Waals surface area contributed by atoms with Gasteiger partial charge >= 0.3 is 0 Å². The van der Waals surface area contributed by atoms with Gasteiger partial charge in [0.1, 0.15) is 25.6 Å². The summed E-state index contributed by atoms with van der Waals surface area (Å²) in [5.74, 6) is 1.60. The van der Waals surface area contributed by atoms with Crippen molar-refractivity contribution in [2.75, 3.05) is 5.73 Å². The lowest BCUT2D eigenvalue weighted by Crippen LogP contribution is -2.03. The van der Waals surface area contributed by atoms with Crippen LogP contribution in [0, 0.1) is 0 Å². The Morgan fingerprint density at radius 3 is 1.65 bits per heavy atom. The minimum Gasteiger partial charge on any atom is -0.487 e. The summed E-state index contributed by atoms with van der Waals surface area (Å²) in [5.41, 5.74) is 11.8. The van der Waals surface area contributed by atoms with Gasteiger partial charge in [-0.25, -0.2) is 0 Å². The van der Waals surface area contributed by atoms with E-state index < -0.39 is 0 Å². The first kappa shape index (κ1) is 23.9. The number of pyridine rings is 1. The molecule has 0 bridgehead atoms. The highest BCUT2D eigenvalue weighted by atomic mass is 16.5. The lowest BCUT2D eigenvalue weighted by Gasteiger charge is -2.15. The molecule has 4 aromatic carbocycles. The summed E-state index contributed by atoms with van der Waals surface area (Å²) in [4.78, 5) is 4.69. The highest BCUT2D eigenvalue weighted by Gasteiger charge is 2.13. The smallest absolute Gasteiger partial charge is 0.225 e. The molecule has 0 aliphatic rings. The Bertz CT molecular complexity index is 1430. The highest BCUT2D eigenvalue weighted by Crippen LogP contribution is 2.35. The molecule has 0 amide bonds. The SMILES string of the molecule is Nc1cc(-c2ccc(OCc3ccccc3)nc2OCc2ccccc2)ccc1OCc1ccccc1. The molecule has 2 N–H and O–H groups in total. The van der Waals surface area contributed by atoms with Crippen LogP contribution in [0.1, 0.15) is 16.7 Å². The topological polar surface area (TPSA) is 66.6 Å². The van der Waals surface area contributed by atoms with E-state index in [-0.39, 0.29) is 0 Å². The van der Waals surface area contributed by atoms with E-state index in [1.165, 1.54) is 0 Å². The van der Waals surface area contributed by atoms with Gasteiger partial charge in [-0.15, -0.1) is 0 Å². The van der Waals surface area contributed by atoms with Crippen molar-refractivity contribution in [1.82, 2.24) is 4.98 Å². The van der Waals surface area contributed by atoms with Crippen LogP contribution in [0.3, 0.4) is 0 Å².